The molecule has 104 valence electrons. The molecule has 5 nitrogen and oxygen atoms in total. The third kappa shape index (κ3) is 6.79. The lowest BCUT2D eigenvalue weighted by Gasteiger charge is -2.07. The minimum absolute atomic E-state index is 0.141. The van der Waals surface area contributed by atoms with Crippen molar-refractivity contribution in [1.29, 1.82) is 0 Å². The predicted octanol–water partition coefficient (Wildman–Crippen LogP) is 1.35. The Morgan fingerprint density at radius 1 is 1.58 bits per heavy atom. The van der Waals surface area contributed by atoms with Crippen LogP contribution in [0.5, 0.6) is 5.88 Å². The van der Waals surface area contributed by atoms with Gasteiger partial charge in [0.05, 0.1) is 6.54 Å². The van der Waals surface area contributed by atoms with Crippen LogP contribution in [0, 0.1) is 0 Å². The van der Waals surface area contributed by atoms with Crippen molar-refractivity contribution >= 4 is 17.5 Å². The van der Waals surface area contributed by atoms with Crippen molar-refractivity contribution in [3.63, 3.8) is 0 Å². The second-order valence-electron chi connectivity index (χ2n) is 4.09. The zero-order valence-corrected chi connectivity index (χ0v) is 11.9. The molecule has 1 aromatic rings. The summed E-state index contributed by atoms with van der Waals surface area (Å²) in [5, 5.41) is 3.16. The third-order valence-corrected chi connectivity index (χ3v) is 2.39. The van der Waals surface area contributed by atoms with Gasteiger partial charge in [-0.3, -0.25) is 4.79 Å². The summed E-state index contributed by atoms with van der Waals surface area (Å²) < 4.78 is 5.34. The van der Waals surface area contributed by atoms with Crippen molar-refractivity contribution < 1.29 is 9.53 Å². The smallest absolute Gasteiger partial charge is 0.243 e. The van der Waals surface area contributed by atoms with E-state index >= 15 is 0 Å². The summed E-state index contributed by atoms with van der Waals surface area (Å²) in [6, 6.07) is 3.43. The lowest BCUT2D eigenvalue weighted by Crippen LogP contribution is -2.26. The van der Waals surface area contributed by atoms with Crippen molar-refractivity contribution in [2.24, 2.45) is 0 Å². The fraction of sp³-hybridized carbons (Fsp3) is 0.385. The average molecular weight is 284 g/mol. The molecule has 0 bridgehead atoms. The number of amides is 1. The van der Waals surface area contributed by atoms with Gasteiger partial charge in [-0.1, -0.05) is 17.7 Å². The van der Waals surface area contributed by atoms with Gasteiger partial charge in [-0.25, -0.2) is 4.98 Å². The number of hydrogen-bond donors (Lipinski definition) is 1. The van der Waals surface area contributed by atoms with E-state index < -0.39 is 0 Å². The van der Waals surface area contributed by atoms with Gasteiger partial charge in [0.15, 0.2) is 0 Å². The Morgan fingerprint density at radius 3 is 3.05 bits per heavy atom. The monoisotopic (exact) mass is 283 g/mol. The molecule has 0 aliphatic heterocycles. The van der Waals surface area contributed by atoms with Crippen molar-refractivity contribution in [1.82, 2.24) is 15.2 Å². The first-order valence-corrected chi connectivity index (χ1v) is 6.30. The number of ether oxygens (including phenoxy) is 1. The number of aromatic nitrogens is 1. The van der Waals surface area contributed by atoms with Gasteiger partial charge in [-0.05, 0) is 26.2 Å². The van der Waals surface area contributed by atoms with E-state index in [9.17, 15) is 4.79 Å². The van der Waals surface area contributed by atoms with Gasteiger partial charge in [0.2, 0.25) is 11.8 Å². The highest BCUT2D eigenvalue weighted by atomic mass is 35.5. The van der Waals surface area contributed by atoms with Crippen molar-refractivity contribution in [2.45, 2.75) is 0 Å². The molecule has 0 radical (unpaired) electrons. The van der Waals surface area contributed by atoms with Gasteiger partial charge in [-0.2, -0.15) is 0 Å². The molecule has 1 aromatic heterocycles. The van der Waals surface area contributed by atoms with E-state index in [-0.39, 0.29) is 5.91 Å². The van der Waals surface area contributed by atoms with Crippen molar-refractivity contribution in [2.75, 3.05) is 33.8 Å². The number of nitrogens with zero attached hydrogens (tertiary/aromatic N) is 2. The topological polar surface area (TPSA) is 54.5 Å². The molecule has 0 unspecified atom stereocenters. The Labute approximate surface area is 118 Å². The summed E-state index contributed by atoms with van der Waals surface area (Å²) in [4.78, 5) is 17.3. The lowest BCUT2D eigenvalue weighted by molar-refractivity contribution is -0.116. The minimum atomic E-state index is -0.141. The number of carbonyl (C=O) groups excluding carboxylic acids is 1. The second kappa shape index (κ2) is 8.50. The molecular formula is C13H18ClN3O2. The molecule has 6 heteroatoms. The first-order chi connectivity index (χ1) is 9.09. The quantitative estimate of drug-likeness (QED) is 0.606. The number of pyridine rings is 1. The van der Waals surface area contributed by atoms with E-state index in [0.717, 1.165) is 6.54 Å². The van der Waals surface area contributed by atoms with Gasteiger partial charge >= 0.3 is 0 Å². The third-order valence-electron chi connectivity index (χ3n) is 2.10. The van der Waals surface area contributed by atoms with Gasteiger partial charge in [-0.15, -0.1) is 0 Å². The number of carbonyl (C=O) groups is 1. The average Bonchev–Trinajstić information content (AvgIpc) is 2.36. The van der Waals surface area contributed by atoms with Crippen LogP contribution < -0.4 is 10.1 Å². The Bertz CT molecular complexity index is 436. The van der Waals surface area contributed by atoms with Gasteiger partial charge in [0.1, 0.15) is 11.6 Å². The second-order valence-corrected chi connectivity index (χ2v) is 4.50. The van der Waals surface area contributed by atoms with E-state index in [1.165, 1.54) is 6.08 Å². The van der Waals surface area contributed by atoms with Gasteiger partial charge in [0.25, 0.3) is 0 Å². The molecule has 0 aliphatic rings. The number of hydrogen-bond acceptors (Lipinski definition) is 4. The number of nitrogens with one attached hydrogen (secondary N) is 1. The Balaban J connectivity index is 2.19. The van der Waals surface area contributed by atoms with Crippen LogP contribution >= 0.6 is 11.6 Å². The fourth-order valence-corrected chi connectivity index (χ4v) is 1.40. The lowest BCUT2D eigenvalue weighted by atomic mass is 10.4. The number of likely N-dealkylation sites (N-methyl/N-ethyl adjacent to an activating group) is 1. The summed E-state index contributed by atoms with van der Waals surface area (Å²) in [7, 11) is 3.87. The minimum Gasteiger partial charge on any atom is -0.475 e. The highest BCUT2D eigenvalue weighted by Crippen LogP contribution is 2.19. The first kappa shape index (κ1) is 15.5. The Kier molecular flexibility index (Phi) is 6.92. The van der Waals surface area contributed by atoms with Crippen LogP contribution in [-0.2, 0) is 4.79 Å². The molecule has 0 atom stereocenters. The van der Waals surface area contributed by atoms with Crippen LogP contribution in [0.15, 0.2) is 30.5 Å². The fourth-order valence-electron chi connectivity index (χ4n) is 1.23. The molecule has 1 N–H and O–H groups in total. The maximum absolute atomic E-state index is 11.4. The zero-order chi connectivity index (χ0) is 14.1. The normalized spacial score (nSPS) is 10.9. The molecular weight excluding hydrogens is 266 g/mol. The summed E-state index contributed by atoms with van der Waals surface area (Å²) in [5.41, 5.74) is 0. The summed E-state index contributed by atoms with van der Waals surface area (Å²) in [6.07, 6.45) is 4.91. The van der Waals surface area contributed by atoms with E-state index in [2.05, 4.69) is 10.3 Å². The zero-order valence-electron chi connectivity index (χ0n) is 11.1. The molecule has 0 spiro atoms. The highest BCUT2D eigenvalue weighted by Gasteiger charge is 2.01. The summed E-state index contributed by atoms with van der Waals surface area (Å²) in [6.45, 7) is 1.45. The molecule has 0 aliphatic carbocycles. The highest BCUT2D eigenvalue weighted by molar-refractivity contribution is 6.31. The Hall–Kier alpha value is -1.59. The predicted molar refractivity (Wildman–Crippen MR) is 75.4 cm³/mol. The maximum Gasteiger partial charge on any atom is 0.243 e. The van der Waals surface area contributed by atoms with Crippen LogP contribution in [-0.4, -0.2) is 49.6 Å². The van der Waals surface area contributed by atoms with E-state index in [1.807, 2.05) is 19.0 Å². The van der Waals surface area contributed by atoms with E-state index in [1.54, 1.807) is 24.4 Å². The first-order valence-electron chi connectivity index (χ1n) is 5.92. The van der Waals surface area contributed by atoms with E-state index in [4.69, 9.17) is 16.3 Å². The summed E-state index contributed by atoms with van der Waals surface area (Å²) >= 11 is 5.87. The van der Waals surface area contributed by atoms with Crippen molar-refractivity contribution in [3.05, 3.63) is 35.5 Å². The van der Waals surface area contributed by atoms with Crippen LogP contribution in [0.25, 0.3) is 0 Å². The summed E-state index contributed by atoms with van der Waals surface area (Å²) in [5.74, 6) is 0.235. The van der Waals surface area contributed by atoms with Gasteiger partial charge < -0.3 is 15.0 Å². The van der Waals surface area contributed by atoms with Crippen LogP contribution in [0.4, 0.5) is 0 Å². The number of rotatable bonds is 7. The molecule has 0 aromatic carbocycles. The number of halogens is 1. The molecule has 1 heterocycles. The van der Waals surface area contributed by atoms with E-state index in [0.29, 0.717) is 24.1 Å². The van der Waals surface area contributed by atoms with Crippen molar-refractivity contribution in [3.8, 4) is 5.88 Å². The van der Waals surface area contributed by atoms with Crippen LogP contribution in [0.2, 0.25) is 5.02 Å². The Morgan fingerprint density at radius 2 is 2.37 bits per heavy atom. The molecule has 0 saturated carbocycles. The van der Waals surface area contributed by atoms with Crippen LogP contribution in [0.1, 0.15) is 0 Å². The largest absolute Gasteiger partial charge is 0.475 e. The molecule has 19 heavy (non-hydrogen) atoms. The van der Waals surface area contributed by atoms with Gasteiger partial charge in [0, 0.05) is 18.8 Å². The SMILES string of the molecule is CN(C)C/C=C/C(=O)NCCOc1ncccc1Cl. The molecule has 1 rings (SSSR count). The maximum atomic E-state index is 11.4. The van der Waals surface area contributed by atoms with Crippen LogP contribution in [0.3, 0.4) is 0 Å². The standard InChI is InChI=1S/C13H18ClN3O2/c1-17(2)9-4-6-12(18)15-8-10-19-13-11(14)5-3-7-16-13/h3-7H,8-10H2,1-2H3,(H,15,18)/b6-4+. The molecule has 1 amide bonds. The molecule has 0 fully saturated rings. The molecule has 0 saturated heterocycles.